The molecule has 0 fully saturated rings. The zero-order chi connectivity index (χ0) is 14.9. The summed E-state index contributed by atoms with van der Waals surface area (Å²) < 4.78 is 13.6. The molecule has 0 atom stereocenters. The van der Waals surface area contributed by atoms with Gasteiger partial charge in [0.1, 0.15) is 5.82 Å². The first-order chi connectivity index (χ1) is 9.38. The lowest BCUT2D eigenvalue weighted by Crippen LogP contribution is -2.14. The first kappa shape index (κ1) is 15.1. The molecule has 20 heavy (non-hydrogen) atoms. The van der Waals surface area contributed by atoms with E-state index < -0.39 is 11.7 Å². The lowest BCUT2D eigenvalue weighted by molar-refractivity contribution is 0.102. The third-order valence-electron chi connectivity index (χ3n) is 2.62. The normalized spacial score (nSPS) is 10.4. The van der Waals surface area contributed by atoms with Crippen LogP contribution in [0.1, 0.15) is 15.9 Å². The van der Waals surface area contributed by atoms with E-state index in [4.69, 9.17) is 34.8 Å². The van der Waals surface area contributed by atoms with Crippen molar-refractivity contribution in [3.05, 3.63) is 62.3 Å². The van der Waals surface area contributed by atoms with Crippen LogP contribution in [0.4, 0.5) is 10.1 Å². The van der Waals surface area contributed by atoms with E-state index in [1.54, 1.807) is 13.0 Å². The second kappa shape index (κ2) is 6.00. The highest BCUT2D eigenvalue weighted by Gasteiger charge is 2.14. The lowest BCUT2D eigenvalue weighted by atomic mass is 10.1. The van der Waals surface area contributed by atoms with E-state index >= 15 is 0 Å². The molecule has 2 aromatic rings. The third kappa shape index (κ3) is 3.23. The molecular weight excluding hydrogens is 324 g/mol. The summed E-state index contributed by atoms with van der Waals surface area (Å²) in [6.45, 7) is 1.77. The number of carbonyl (C=O) groups is 1. The van der Waals surface area contributed by atoms with Crippen LogP contribution in [0.2, 0.25) is 15.1 Å². The summed E-state index contributed by atoms with van der Waals surface area (Å²) in [6.07, 6.45) is 0. The molecule has 1 N–H and O–H groups in total. The van der Waals surface area contributed by atoms with E-state index in [0.29, 0.717) is 0 Å². The van der Waals surface area contributed by atoms with Gasteiger partial charge < -0.3 is 5.32 Å². The number of hydrogen-bond acceptors (Lipinski definition) is 1. The molecule has 0 unspecified atom stereocenters. The maximum atomic E-state index is 13.6. The first-order valence-electron chi connectivity index (χ1n) is 5.60. The fourth-order valence-electron chi connectivity index (χ4n) is 1.62. The average molecular weight is 333 g/mol. The topological polar surface area (TPSA) is 29.1 Å². The van der Waals surface area contributed by atoms with Crippen LogP contribution in [0, 0.1) is 12.7 Å². The quantitative estimate of drug-likeness (QED) is 0.738. The molecule has 104 valence electrons. The zero-order valence-electron chi connectivity index (χ0n) is 10.3. The van der Waals surface area contributed by atoms with E-state index in [-0.39, 0.29) is 26.3 Å². The molecule has 2 aromatic carbocycles. The van der Waals surface area contributed by atoms with Crippen LogP contribution in [0.15, 0.2) is 30.3 Å². The Balaban J connectivity index is 2.32. The van der Waals surface area contributed by atoms with E-state index in [1.807, 2.05) is 0 Å². The number of hydrogen-bond donors (Lipinski definition) is 1. The van der Waals surface area contributed by atoms with Gasteiger partial charge in [-0.15, -0.1) is 0 Å². The Morgan fingerprint density at radius 2 is 1.70 bits per heavy atom. The number of carbonyl (C=O) groups excluding carboxylic acids is 1. The van der Waals surface area contributed by atoms with Gasteiger partial charge in [-0.1, -0.05) is 46.4 Å². The summed E-state index contributed by atoms with van der Waals surface area (Å²) >= 11 is 17.6. The zero-order valence-corrected chi connectivity index (χ0v) is 12.6. The molecule has 6 heteroatoms. The number of amides is 1. The van der Waals surface area contributed by atoms with Crippen molar-refractivity contribution in [2.75, 3.05) is 5.32 Å². The SMILES string of the molecule is Cc1ccc(F)c(C(=O)Nc2cc(Cl)c(Cl)cc2Cl)c1. The first-order valence-corrected chi connectivity index (χ1v) is 6.74. The fourth-order valence-corrected chi connectivity index (χ4v) is 2.22. The van der Waals surface area contributed by atoms with Crippen LogP contribution in [0.25, 0.3) is 0 Å². The second-order valence-corrected chi connectivity index (χ2v) is 5.41. The van der Waals surface area contributed by atoms with Gasteiger partial charge >= 0.3 is 0 Å². The molecule has 0 radical (unpaired) electrons. The molecule has 0 bridgehead atoms. The molecule has 1 amide bonds. The molecule has 0 aliphatic rings. The Morgan fingerprint density at radius 1 is 1.05 bits per heavy atom. The Hall–Kier alpha value is -1.29. The summed E-state index contributed by atoms with van der Waals surface area (Å²) in [7, 11) is 0. The predicted molar refractivity (Wildman–Crippen MR) is 80.6 cm³/mol. The number of rotatable bonds is 2. The Bertz CT molecular complexity index is 688. The maximum Gasteiger partial charge on any atom is 0.258 e. The van der Waals surface area contributed by atoms with E-state index in [1.165, 1.54) is 24.3 Å². The van der Waals surface area contributed by atoms with Gasteiger partial charge in [0.15, 0.2) is 0 Å². The molecule has 0 saturated carbocycles. The highest BCUT2D eigenvalue weighted by atomic mass is 35.5. The predicted octanol–water partition coefficient (Wildman–Crippen LogP) is 5.35. The van der Waals surface area contributed by atoms with Crippen LogP contribution >= 0.6 is 34.8 Å². The highest BCUT2D eigenvalue weighted by molar-refractivity contribution is 6.44. The van der Waals surface area contributed by atoms with Crippen molar-refractivity contribution >= 4 is 46.4 Å². The van der Waals surface area contributed by atoms with Gasteiger partial charge in [-0.25, -0.2) is 4.39 Å². The van der Waals surface area contributed by atoms with E-state index in [9.17, 15) is 9.18 Å². The van der Waals surface area contributed by atoms with Gasteiger partial charge in [0, 0.05) is 0 Å². The largest absolute Gasteiger partial charge is 0.320 e. The van der Waals surface area contributed by atoms with Crippen LogP contribution < -0.4 is 5.32 Å². The van der Waals surface area contributed by atoms with Crippen molar-refractivity contribution < 1.29 is 9.18 Å². The summed E-state index contributed by atoms with van der Waals surface area (Å²) in [6, 6.07) is 7.10. The summed E-state index contributed by atoms with van der Waals surface area (Å²) in [5, 5.41) is 3.25. The molecule has 0 aliphatic carbocycles. The average Bonchev–Trinajstić information content (AvgIpc) is 2.38. The van der Waals surface area contributed by atoms with Crippen molar-refractivity contribution in [2.45, 2.75) is 6.92 Å². The van der Waals surface area contributed by atoms with E-state index in [2.05, 4.69) is 5.32 Å². The van der Waals surface area contributed by atoms with Gasteiger partial charge in [0.05, 0.1) is 26.3 Å². The highest BCUT2D eigenvalue weighted by Crippen LogP contribution is 2.32. The Kier molecular flexibility index (Phi) is 4.53. The molecule has 0 aromatic heterocycles. The van der Waals surface area contributed by atoms with E-state index in [0.717, 1.165) is 5.56 Å². The van der Waals surface area contributed by atoms with Gasteiger partial charge in [-0.05, 0) is 31.2 Å². The van der Waals surface area contributed by atoms with Crippen LogP contribution in [-0.4, -0.2) is 5.91 Å². The molecule has 0 aliphatic heterocycles. The maximum absolute atomic E-state index is 13.6. The third-order valence-corrected chi connectivity index (χ3v) is 3.66. The minimum absolute atomic E-state index is 0.0628. The fraction of sp³-hybridized carbons (Fsp3) is 0.0714. The van der Waals surface area contributed by atoms with Crippen molar-refractivity contribution in [3.8, 4) is 0 Å². The smallest absolute Gasteiger partial charge is 0.258 e. The lowest BCUT2D eigenvalue weighted by Gasteiger charge is -2.09. The summed E-state index contributed by atoms with van der Waals surface area (Å²) in [5.41, 5.74) is 0.982. The number of nitrogens with one attached hydrogen (secondary N) is 1. The summed E-state index contributed by atoms with van der Waals surface area (Å²) in [4.78, 5) is 12.0. The molecule has 0 spiro atoms. The van der Waals surface area contributed by atoms with Crippen LogP contribution in [-0.2, 0) is 0 Å². The number of anilines is 1. The van der Waals surface area contributed by atoms with Crippen LogP contribution in [0.5, 0.6) is 0 Å². The molecule has 2 nitrogen and oxygen atoms in total. The standard InChI is InChI=1S/C14H9Cl3FNO/c1-7-2-3-12(18)8(4-7)14(20)19-13-6-10(16)9(15)5-11(13)17/h2-6H,1H3,(H,19,20). The Morgan fingerprint density at radius 3 is 2.40 bits per heavy atom. The minimum atomic E-state index is -0.607. The molecule has 0 saturated heterocycles. The van der Waals surface area contributed by atoms with Crippen molar-refractivity contribution in [3.63, 3.8) is 0 Å². The monoisotopic (exact) mass is 331 g/mol. The van der Waals surface area contributed by atoms with Gasteiger partial charge in [0.25, 0.3) is 5.91 Å². The second-order valence-electron chi connectivity index (χ2n) is 4.18. The minimum Gasteiger partial charge on any atom is -0.320 e. The van der Waals surface area contributed by atoms with Gasteiger partial charge in [-0.3, -0.25) is 4.79 Å². The van der Waals surface area contributed by atoms with Crippen molar-refractivity contribution in [1.29, 1.82) is 0 Å². The van der Waals surface area contributed by atoms with Crippen molar-refractivity contribution in [1.82, 2.24) is 0 Å². The number of benzene rings is 2. The Labute approximate surface area is 130 Å². The number of aryl methyl sites for hydroxylation is 1. The molecular formula is C14H9Cl3FNO. The molecule has 2 rings (SSSR count). The van der Waals surface area contributed by atoms with Gasteiger partial charge in [-0.2, -0.15) is 0 Å². The number of halogens is 4. The molecule has 0 heterocycles. The van der Waals surface area contributed by atoms with Crippen molar-refractivity contribution in [2.24, 2.45) is 0 Å². The summed E-state index contributed by atoms with van der Waals surface area (Å²) in [5.74, 6) is -1.21. The van der Waals surface area contributed by atoms with Gasteiger partial charge in [0.2, 0.25) is 0 Å². The van der Waals surface area contributed by atoms with Crippen LogP contribution in [0.3, 0.4) is 0 Å².